The predicted octanol–water partition coefficient (Wildman–Crippen LogP) is 1.22. The Morgan fingerprint density at radius 3 is 2.44 bits per heavy atom. The monoisotopic (exact) mass is 349 g/mol. The molecule has 0 spiro atoms. The van der Waals surface area contributed by atoms with Crippen molar-refractivity contribution in [2.24, 2.45) is 0 Å². The Morgan fingerprint density at radius 1 is 1.28 bits per heavy atom. The second-order valence-corrected chi connectivity index (χ2v) is 6.54. The van der Waals surface area contributed by atoms with E-state index in [9.17, 15) is 24.8 Å². The first-order valence-corrected chi connectivity index (χ1v) is 8.10. The number of hydrogen-bond acceptors (Lipinski definition) is 6. The molecule has 1 aromatic rings. The molecule has 2 fully saturated rings. The van der Waals surface area contributed by atoms with Gasteiger partial charge in [0.05, 0.1) is 4.92 Å². The van der Waals surface area contributed by atoms with Crippen LogP contribution in [0.4, 0.5) is 11.4 Å². The van der Waals surface area contributed by atoms with Crippen LogP contribution in [-0.2, 0) is 4.79 Å². The number of nitrogens with zero attached hydrogens (tertiary/aromatic N) is 2. The molecular formula is C16H19N3O6. The molecule has 25 heavy (non-hydrogen) atoms. The van der Waals surface area contributed by atoms with Crippen molar-refractivity contribution in [3.63, 3.8) is 0 Å². The molecule has 1 aliphatic heterocycles. The minimum absolute atomic E-state index is 0.0719. The first-order chi connectivity index (χ1) is 11.8. The number of carboxylic acid groups (broad SMARTS) is 1. The summed E-state index contributed by atoms with van der Waals surface area (Å²) in [4.78, 5) is 35.8. The Labute approximate surface area is 143 Å². The van der Waals surface area contributed by atoms with Crippen molar-refractivity contribution in [3.05, 3.63) is 33.9 Å². The standard InChI is InChI=1S/C16H19N3O6/c20-14(18-7-5-16(23,6-8-18)15(21)22)10-1-4-12(17-11-2-3-11)13(9-10)19(24)25/h1,4,9,11,17,23H,2-3,5-8H2,(H,21,22). The van der Waals surface area contributed by atoms with Gasteiger partial charge in [-0.15, -0.1) is 0 Å². The summed E-state index contributed by atoms with van der Waals surface area (Å²) in [7, 11) is 0. The number of hydrogen-bond donors (Lipinski definition) is 3. The van der Waals surface area contributed by atoms with Crippen LogP contribution in [-0.4, -0.2) is 56.6 Å². The number of carbonyl (C=O) groups is 2. The highest BCUT2D eigenvalue weighted by Crippen LogP contribution is 2.32. The van der Waals surface area contributed by atoms with E-state index >= 15 is 0 Å². The zero-order valence-electron chi connectivity index (χ0n) is 13.5. The van der Waals surface area contributed by atoms with Gasteiger partial charge in [-0.2, -0.15) is 0 Å². The van der Waals surface area contributed by atoms with Gasteiger partial charge in [0.1, 0.15) is 5.69 Å². The molecule has 1 aromatic carbocycles. The Kier molecular flexibility index (Phi) is 4.34. The summed E-state index contributed by atoms with van der Waals surface area (Å²) in [6.07, 6.45) is 1.80. The molecule has 3 N–H and O–H groups in total. The average Bonchev–Trinajstić information content (AvgIpc) is 3.39. The van der Waals surface area contributed by atoms with Gasteiger partial charge in [-0.05, 0) is 25.0 Å². The Morgan fingerprint density at radius 2 is 1.92 bits per heavy atom. The average molecular weight is 349 g/mol. The van der Waals surface area contributed by atoms with Crippen LogP contribution in [0, 0.1) is 10.1 Å². The lowest BCUT2D eigenvalue weighted by atomic mass is 9.91. The van der Waals surface area contributed by atoms with Gasteiger partial charge in [-0.25, -0.2) is 4.79 Å². The van der Waals surface area contributed by atoms with Crippen molar-refractivity contribution in [1.82, 2.24) is 4.90 Å². The van der Waals surface area contributed by atoms with Gasteiger partial charge in [0, 0.05) is 43.6 Å². The number of piperidine rings is 1. The van der Waals surface area contributed by atoms with Crippen LogP contribution in [0.2, 0.25) is 0 Å². The molecule has 0 aromatic heterocycles. The second kappa shape index (κ2) is 6.32. The number of carbonyl (C=O) groups excluding carboxylic acids is 1. The first kappa shape index (κ1) is 17.2. The predicted molar refractivity (Wildman–Crippen MR) is 87.5 cm³/mol. The maximum absolute atomic E-state index is 12.6. The van der Waals surface area contributed by atoms with Crippen LogP contribution in [0.3, 0.4) is 0 Å². The molecule has 0 bridgehead atoms. The number of likely N-dealkylation sites (tertiary alicyclic amines) is 1. The summed E-state index contributed by atoms with van der Waals surface area (Å²) in [6, 6.07) is 4.54. The van der Waals surface area contributed by atoms with Crippen LogP contribution in [0.25, 0.3) is 0 Å². The molecule has 0 unspecified atom stereocenters. The van der Waals surface area contributed by atoms with E-state index in [1.807, 2.05) is 0 Å². The van der Waals surface area contributed by atoms with E-state index in [1.54, 1.807) is 0 Å². The number of rotatable bonds is 5. The SMILES string of the molecule is O=C(c1ccc(NC2CC2)c([N+](=O)[O-])c1)N1CCC(O)(C(=O)O)CC1. The van der Waals surface area contributed by atoms with E-state index in [4.69, 9.17) is 5.11 Å². The summed E-state index contributed by atoms with van der Waals surface area (Å²) >= 11 is 0. The number of aliphatic carboxylic acids is 1. The highest BCUT2D eigenvalue weighted by atomic mass is 16.6. The number of nitro groups is 1. The quantitative estimate of drug-likeness (QED) is 0.537. The summed E-state index contributed by atoms with van der Waals surface area (Å²) in [5.41, 5.74) is -1.41. The van der Waals surface area contributed by atoms with Crippen LogP contribution < -0.4 is 5.32 Å². The van der Waals surface area contributed by atoms with Gasteiger partial charge in [-0.1, -0.05) is 0 Å². The Hall–Kier alpha value is -2.68. The van der Waals surface area contributed by atoms with E-state index in [2.05, 4.69) is 5.32 Å². The van der Waals surface area contributed by atoms with Gasteiger partial charge in [0.25, 0.3) is 11.6 Å². The van der Waals surface area contributed by atoms with Crippen molar-refractivity contribution in [2.45, 2.75) is 37.3 Å². The minimum Gasteiger partial charge on any atom is -0.479 e. The van der Waals surface area contributed by atoms with Gasteiger partial charge in [-0.3, -0.25) is 14.9 Å². The van der Waals surface area contributed by atoms with E-state index < -0.39 is 22.4 Å². The maximum atomic E-state index is 12.6. The van der Waals surface area contributed by atoms with E-state index in [0.29, 0.717) is 5.69 Å². The topological polar surface area (TPSA) is 133 Å². The van der Waals surface area contributed by atoms with Gasteiger partial charge < -0.3 is 20.4 Å². The molecular weight excluding hydrogens is 330 g/mol. The number of nitrogens with one attached hydrogen (secondary N) is 1. The first-order valence-electron chi connectivity index (χ1n) is 8.10. The van der Waals surface area contributed by atoms with Crippen LogP contribution in [0.15, 0.2) is 18.2 Å². The third kappa shape index (κ3) is 3.55. The normalized spacial score (nSPS) is 19.3. The lowest BCUT2D eigenvalue weighted by Gasteiger charge is -2.35. The molecule has 2 aliphatic rings. The molecule has 1 aliphatic carbocycles. The lowest BCUT2D eigenvalue weighted by molar-refractivity contribution is -0.384. The lowest BCUT2D eigenvalue weighted by Crippen LogP contribution is -2.50. The zero-order chi connectivity index (χ0) is 18.2. The van der Waals surface area contributed by atoms with Gasteiger partial charge >= 0.3 is 5.97 Å². The van der Waals surface area contributed by atoms with Crippen molar-refractivity contribution in [1.29, 1.82) is 0 Å². The zero-order valence-corrected chi connectivity index (χ0v) is 13.5. The molecule has 1 saturated carbocycles. The van der Waals surface area contributed by atoms with E-state index in [1.165, 1.54) is 23.1 Å². The molecule has 134 valence electrons. The van der Waals surface area contributed by atoms with Gasteiger partial charge in [0.2, 0.25) is 0 Å². The molecule has 3 rings (SSSR count). The number of benzene rings is 1. The van der Waals surface area contributed by atoms with Gasteiger partial charge in [0.15, 0.2) is 5.60 Å². The summed E-state index contributed by atoms with van der Waals surface area (Å²) < 4.78 is 0. The molecule has 1 amide bonds. The second-order valence-electron chi connectivity index (χ2n) is 6.54. The number of aliphatic hydroxyl groups is 1. The number of carboxylic acids is 1. The number of anilines is 1. The highest BCUT2D eigenvalue weighted by molar-refractivity contribution is 5.96. The van der Waals surface area contributed by atoms with Crippen molar-refractivity contribution >= 4 is 23.3 Å². The number of nitro benzene ring substituents is 1. The summed E-state index contributed by atoms with van der Waals surface area (Å²) in [6.45, 7) is 0.162. The molecule has 1 saturated heterocycles. The van der Waals surface area contributed by atoms with E-state index in [-0.39, 0.29) is 43.2 Å². The van der Waals surface area contributed by atoms with Crippen molar-refractivity contribution < 1.29 is 24.7 Å². The fourth-order valence-electron chi connectivity index (χ4n) is 2.86. The Bertz CT molecular complexity index is 723. The Balaban J connectivity index is 1.75. The minimum atomic E-state index is -1.82. The van der Waals surface area contributed by atoms with Crippen molar-refractivity contribution in [2.75, 3.05) is 18.4 Å². The fraction of sp³-hybridized carbons (Fsp3) is 0.500. The molecule has 0 atom stereocenters. The largest absolute Gasteiger partial charge is 0.479 e. The van der Waals surface area contributed by atoms with E-state index in [0.717, 1.165) is 12.8 Å². The maximum Gasteiger partial charge on any atom is 0.335 e. The molecule has 1 heterocycles. The number of amides is 1. The van der Waals surface area contributed by atoms with Crippen LogP contribution >= 0.6 is 0 Å². The smallest absolute Gasteiger partial charge is 0.335 e. The highest BCUT2D eigenvalue weighted by Gasteiger charge is 2.40. The molecule has 9 nitrogen and oxygen atoms in total. The summed E-state index contributed by atoms with van der Waals surface area (Å²) in [5.74, 6) is -1.71. The van der Waals surface area contributed by atoms with Crippen molar-refractivity contribution in [3.8, 4) is 0 Å². The van der Waals surface area contributed by atoms with Crippen LogP contribution in [0.1, 0.15) is 36.0 Å². The molecule has 0 radical (unpaired) electrons. The molecule has 9 heteroatoms. The summed E-state index contributed by atoms with van der Waals surface area (Å²) in [5, 5.41) is 33.3. The third-order valence-corrected chi connectivity index (χ3v) is 4.65. The fourth-order valence-corrected chi connectivity index (χ4v) is 2.86. The third-order valence-electron chi connectivity index (χ3n) is 4.65. The van der Waals surface area contributed by atoms with Crippen LogP contribution in [0.5, 0.6) is 0 Å².